The molecule has 0 unspecified atom stereocenters. The SMILES string of the molecule is COC(=O)[C@@H](C)CN1C(=O)NC2(CCCCC2)C1=O. The molecule has 2 aliphatic rings. The summed E-state index contributed by atoms with van der Waals surface area (Å²) >= 11 is 0. The fraction of sp³-hybridized carbons (Fsp3) is 0.769. The van der Waals surface area contributed by atoms with E-state index in [-0.39, 0.29) is 18.5 Å². The predicted molar refractivity (Wildman–Crippen MR) is 67.2 cm³/mol. The van der Waals surface area contributed by atoms with Gasteiger partial charge in [0.2, 0.25) is 0 Å². The van der Waals surface area contributed by atoms with Crippen LogP contribution in [-0.2, 0) is 14.3 Å². The van der Waals surface area contributed by atoms with E-state index in [1.165, 1.54) is 7.11 Å². The second-order valence-electron chi connectivity index (χ2n) is 5.41. The lowest BCUT2D eigenvalue weighted by Gasteiger charge is -2.30. The largest absolute Gasteiger partial charge is 0.469 e. The van der Waals surface area contributed by atoms with E-state index in [1.54, 1.807) is 6.92 Å². The molecule has 1 N–H and O–H groups in total. The number of carbonyl (C=O) groups excluding carboxylic acids is 3. The predicted octanol–water partition coefficient (Wildman–Crippen LogP) is 1.05. The number of urea groups is 1. The van der Waals surface area contributed by atoms with Gasteiger partial charge in [0.25, 0.3) is 5.91 Å². The average molecular weight is 268 g/mol. The summed E-state index contributed by atoms with van der Waals surface area (Å²) in [6.07, 6.45) is 4.39. The molecular formula is C13H20N2O4. The zero-order valence-corrected chi connectivity index (χ0v) is 11.4. The third kappa shape index (κ3) is 2.43. The fourth-order valence-electron chi connectivity index (χ4n) is 2.89. The average Bonchev–Trinajstić information content (AvgIpc) is 2.63. The zero-order valence-electron chi connectivity index (χ0n) is 11.4. The Labute approximate surface area is 112 Å². The fourth-order valence-corrected chi connectivity index (χ4v) is 2.89. The van der Waals surface area contributed by atoms with Crippen LogP contribution in [0.2, 0.25) is 0 Å². The third-order valence-electron chi connectivity index (χ3n) is 4.01. The highest BCUT2D eigenvalue weighted by Crippen LogP contribution is 2.33. The number of hydrogen-bond acceptors (Lipinski definition) is 4. The van der Waals surface area contributed by atoms with Gasteiger partial charge in [-0.1, -0.05) is 26.2 Å². The van der Waals surface area contributed by atoms with E-state index in [0.717, 1.165) is 24.2 Å². The van der Waals surface area contributed by atoms with Crippen LogP contribution in [0.25, 0.3) is 0 Å². The number of methoxy groups -OCH3 is 1. The molecule has 0 aromatic heterocycles. The highest BCUT2D eigenvalue weighted by molar-refractivity contribution is 6.07. The minimum Gasteiger partial charge on any atom is -0.469 e. The topological polar surface area (TPSA) is 75.7 Å². The molecule has 1 aliphatic carbocycles. The lowest BCUT2D eigenvalue weighted by molar-refractivity contribution is -0.145. The summed E-state index contributed by atoms with van der Waals surface area (Å²) in [6, 6.07) is -0.386. The van der Waals surface area contributed by atoms with Crippen molar-refractivity contribution in [3.63, 3.8) is 0 Å². The maximum atomic E-state index is 12.4. The number of nitrogens with zero attached hydrogens (tertiary/aromatic N) is 1. The van der Waals surface area contributed by atoms with E-state index in [9.17, 15) is 14.4 Å². The van der Waals surface area contributed by atoms with Crippen LogP contribution < -0.4 is 5.32 Å². The number of rotatable bonds is 3. The molecule has 6 heteroatoms. The van der Waals surface area contributed by atoms with Crippen molar-refractivity contribution in [1.29, 1.82) is 0 Å². The van der Waals surface area contributed by atoms with Gasteiger partial charge in [-0.25, -0.2) is 4.79 Å². The molecule has 0 aromatic rings. The Bertz CT molecular complexity index is 401. The molecule has 1 aliphatic heterocycles. The summed E-state index contributed by atoms with van der Waals surface area (Å²) < 4.78 is 4.62. The Kier molecular flexibility index (Phi) is 3.78. The van der Waals surface area contributed by atoms with Gasteiger partial charge in [-0.05, 0) is 12.8 Å². The number of amides is 3. The molecule has 0 aromatic carbocycles. The van der Waals surface area contributed by atoms with Crippen molar-refractivity contribution >= 4 is 17.9 Å². The molecule has 2 fully saturated rings. The molecule has 3 amide bonds. The molecular weight excluding hydrogens is 248 g/mol. The number of hydrogen-bond donors (Lipinski definition) is 1. The van der Waals surface area contributed by atoms with E-state index in [0.29, 0.717) is 12.8 Å². The Morgan fingerprint density at radius 3 is 2.58 bits per heavy atom. The Morgan fingerprint density at radius 1 is 1.37 bits per heavy atom. The first-order valence-corrected chi connectivity index (χ1v) is 6.72. The van der Waals surface area contributed by atoms with Crippen molar-refractivity contribution < 1.29 is 19.1 Å². The van der Waals surface area contributed by atoms with E-state index in [2.05, 4.69) is 10.1 Å². The van der Waals surface area contributed by atoms with Gasteiger partial charge in [-0.2, -0.15) is 0 Å². The minimum atomic E-state index is -0.717. The van der Waals surface area contributed by atoms with Gasteiger partial charge in [0.15, 0.2) is 0 Å². The van der Waals surface area contributed by atoms with Crippen LogP contribution in [0.15, 0.2) is 0 Å². The van der Waals surface area contributed by atoms with Crippen LogP contribution in [0, 0.1) is 5.92 Å². The highest BCUT2D eigenvalue weighted by atomic mass is 16.5. The minimum absolute atomic E-state index is 0.0824. The number of imide groups is 1. The summed E-state index contributed by atoms with van der Waals surface area (Å²) in [4.78, 5) is 36.9. The molecule has 106 valence electrons. The van der Waals surface area contributed by atoms with Gasteiger partial charge in [0, 0.05) is 6.54 Å². The van der Waals surface area contributed by atoms with Crippen molar-refractivity contribution in [3.05, 3.63) is 0 Å². The van der Waals surface area contributed by atoms with Crippen LogP contribution >= 0.6 is 0 Å². The van der Waals surface area contributed by atoms with Crippen LogP contribution in [0.1, 0.15) is 39.0 Å². The van der Waals surface area contributed by atoms with E-state index in [1.807, 2.05) is 0 Å². The molecule has 1 atom stereocenters. The lowest BCUT2D eigenvalue weighted by atomic mass is 9.81. The Morgan fingerprint density at radius 2 is 2.00 bits per heavy atom. The normalized spacial score (nSPS) is 23.4. The summed E-state index contributed by atoms with van der Waals surface area (Å²) in [5.74, 6) is -1.10. The van der Waals surface area contributed by atoms with E-state index in [4.69, 9.17) is 0 Å². The van der Waals surface area contributed by atoms with Crippen LogP contribution in [0.4, 0.5) is 4.79 Å². The lowest BCUT2D eigenvalue weighted by Crippen LogP contribution is -2.48. The van der Waals surface area contributed by atoms with Crippen LogP contribution in [0.3, 0.4) is 0 Å². The first kappa shape index (κ1) is 13.8. The first-order chi connectivity index (χ1) is 9.00. The van der Waals surface area contributed by atoms with Gasteiger partial charge < -0.3 is 10.1 Å². The number of ether oxygens (including phenoxy) is 1. The number of nitrogens with one attached hydrogen (secondary N) is 1. The van der Waals surface area contributed by atoms with Crippen molar-refractivity contribution in [2.45, 2.75) is 44.6 Å². The maximum Gasteiger partial charge on any atom is 0.325 e. The van der Waals surface area contributed by atoms with Crippen LogP contribution in [0.5, 0.6) is 0 Å². The van der Waals surface area contributed by atoms with Gasteiger partial charge in [-0.3, -0.25) is 14.5 Å². The molecule has 1 spiro atoms. The summed E-state index contributed by atoms with van der Waals surface area (Å²) in [5, 5.41) is 2.82. The molecule has 0 bridgehead atoms. The maximum absolute atomic E-state index is 12.4. The summed E-state index contributed by atoms with van der Waals surface area (Å²) in [7, 11) is 1.30. The Balaban J connectivity index is 2.08. The first-order valence-electron chi connectivity index (χ1n) is 6.72. The van der Waals surface area contributed by atoms with Crippen LogP contribution in [-0.4, -0.2) is 42.0 Å². The van der Waals surface area contributed by atoms with E-state index >= 15 is 0 Å². The van der Waals surface area contributed by atoms with Crippen molar-refractivity contribution in [2.24, 2.45) is 5.92 Å². The number of esters is 1. The second kappa shape index (κ2) is 5.19. The van der Waals surface area contributed by atoms with E-state index < -0.39 is 17.4 Å². The van der Waals surface area contributed by atoms with Gasteiger partial charge >= 0.3 is 12.0 Å². The molecule has 6 nitrogen and oxygen atoms in total. The third-order valence-corrected chi connectivity index (χ3v) is 4.01. The zero-order chi connectivity index (χ0) is 14.0. The highest BCUT2D eigenvalue weighted by Gasteiger charge is 2.51. The summed E-state index contributed by atoms with van der Waals surface area (Å²) in [6.45, 7) is 1.73. The molecule has 1 heterocycles. The number of carbonyl (C=O) groups is 3. The van der Waals surface area contributed by atoms with Crippen molar-refractivity contribution in [2.75, 3.05) is 13.7 Å². The van der Waals surface area contributed by atoms with Gasteiger partial charge in [0.1, 0.15) is 5.54 Å². The van der Waals surface area contributed by atoms with Gasteiger partial charge in [0.05, 0.1) is 13.0 Å². The quantitative estimate of drug-likeness (QED) is 0.613. The molecule has 1 saturated heterocycles. The molecule has 1 saturated carbocycles. The second-order valence-corrected chi connectivity index (χ2v) is 5.41. The van der Waals surface area contributed by atoms with Crippen molar-refractivity contribution in [3.8, 4) is 0 Å². The summed E-state index contributed by atoms with van der Waals surface area (Å²) in [5.41, 5.74) is -0.717. The standard InChI is InChI=1S/C13H20N2O4/c1-9(10(16)19-2)8-15-11(17)13(14-12(15)18)6-4-3-5-7-13/h9H,3-8H2,1-2H3,(H,14,18)/t9-/m0/s1. The van der Waals surface area contributed by atoms with Gasteiger partial charge in [-0.15, -0.1) is 0 Å². The molecule has 2 rings (SSSR count). The molecule has 0 radical (unpaired) electrons. The monoisotopic (exact) mass is 268 g/mol. The molecule has 19 heavy (non-hydrogen) atoms. The van der Waals surface area contributed by atoms with Crippen molar-refractivity contribution in [1.82, 2.24) is 10.2 Å². The Hall–Kier alpha value is -1.59. The smallest absolute Gasteiger partial charge is 0.325 e.